The molecule has 2 rings (SSSR count). The highest BCUT2D eigenvalue weighted by Crippen LogP contribution is 2.35. The lowest BCUT2D eigenvalue weighted by molar-refractivity contribution is -0.385. The van der Waals surface area contributed by atoms with Gasteiger partial charge in [-0.05, 0) is 25.2 Å². The number of nitrogens with zero attached hydrogens (tertiary/aromatic N) is 1. The van der Waals surface area contributed by atoms with Crippen molar-refractivity contribution in [3.63, 3.8) is 0 Å². The maximum absolute atomic E-state index is 12.6. The number of nitro benzene ring substituents is 1. The van der Waals surface area contributed by atoms with Crippen LogP contribution in [0.1, 0.15) is 50.4 Å². The van der Waals surface area contributed by atoms with Crippen molar-refractivity contribution < 1.29 is 28.7 Å². The van der Waals surface area contributed by atoms with Crippen LogP contribution in [0, 0.1) is 22.0 Å². The van der Waals surface area contributed by atoms with Crippen molar-refractivity contribution in [1.82, 2.24) is 5.32 Å². The van der Waals surface area contributed by atoms with Gasteiger partial charge in [0.15, 0.2) is 17.6 Å². The molecule has 0 saturated heterocycles. The van der Waals surface area contributed by atoms with Gasteiger partial charge in [-0.2, -0.15) is 0 Å². The third-order valence-electron chi connectivity index (χ3n) is 5.61. The molecule has 1 amide bonds. The molecule has 9 heteroatoms. The monoisotopic (exact) mass is 408 g/mol. The molecule has 4 atom stereocenters. The number of hydrogen-bond donors (Lipinski definition) is 1. The summed E-state index contributed by atoms with van der Waals surface area (Å²) in [6.07, 6.45) is 1.93. The number of esters is 1. The molecule has 1 N–H and O–H groups in total. The largest absolute Gasteiger partial charge is 0.493 e. The summed E-state index contributed by atoms with van der Waals surface area (Å²) < 4.78 is 15.4. The highest BCUT2D eigenvalue weighted by Gasteiger charge is 2.32. The van der Waals surface area contributed by atoms with E-state index in [9.17, 15) is 19.7 Å². The minimum atomic E-state index is -1.10. The Kier molecular flexibility index (Phi) is 7.41. The van der Waals surface area contributed by atoms with Gasteiger partial charge in [-0.3, -0.25) is 14.9 Å². The predicted molar refractivity (Wildman–Crippen MR) is 105 cm³/mol. The van der Waals surface area contributed by atoms with Gasteiger partial charge < -0.3 is 19.5 Å². The van der Waals surface area contributed by atoms with Gasteiger partial charge in [0.05, 0.1) is 25.2 Å². The smallest absolute Gasteiger partial charge is 0.346 e. The van der Waals surface area contributed by atoms with E-state index in [1.54, 1.807) is 0 Å². The van der Waals surface area contributed by atoms with Crippen LogP contribution in [0.5, 0.6) is 11.5 Å². The van der Waals surface area contributed by atoms with E-state index in [2.05, 4.69) is 19.2 Å². The third-order valence-corrected chi connectivity index (χ3v) is 5.61. The first kappa shape index (κ1) is 22.4. The van der Waals surface area contributed by atoms with E-state index in [1.165, 1.54) is 27.2 Å². The Hall–Kier alpha value is -2.84. The minimum absolute atomic E-state index is 0.0165. The van der Waals surface area contributed by atoms with Crippen LogP contribution < -0.4 is 14.8 Å². The molecule has 1 aromatic rings. The molecule has 0 heterocycles. The number of nitrogens with one attached hydrogen (secondary N) is 1. The predicted octanol–water partition coefficient (Wildman–Crippen LogP) is 3.10. The molecule has 0 spiro atoms. The molecule has 29 heavy (non-hydrogen) atoms. The fourth-order valence-electron chi connectivity index (χ4n) is 3.55. The fourth-order valence-corrected chi connectivity index (χ4v) is 3.55. The van der Waals surface area contributed by atoms with Crippen LogP contribution in [-0.2, 0) is 9.53 Å². The lowest BCUT2D eigenvalue weighted by Crippen LogP contribution is -2.47. The van der Waals surface area contributed by atoms with Crippen molar-refractivity contribution in [3.8, 4) is 11.5 Å². The molecule has 1 aliphatic rings. The Balaban J connectivity index is 2.14. The summed E-state index contributed by atoms with van der Waals surface area (Å²) in [5.41, 5.74) is -0.804. The van der Waals surface area contributed by atoms with Crippen molar-refractivity contribution in [2.24, 2.45) is 11.8 Å². The third kappa shape index (κ3) is 5.16. The molecule has 9 nitrogen and oxygen atoms in total. The van der Waals surface area contributed by atoms with Gasteiger partial charge in [0, 0.05) is 12.1 Å². The Morgan fingerprint density at radius 3 is 2.38 bits per heavy atom. The van der Waals surface area contributed by atoms with E-state index in [0.717, 1.165) is 25.3 Å². The normalized spacial score (nSPS) is 22.3. The number of benzene rings is 1. The van der Waals surface area contributed by atoms with Crippen molar-refractivity contribution in [2.75, 3.05) is 14.2 Å². The summed E-state index contributed by atoms with van der Waals surface area (Å²) in [6.45, 7) is 5.69. The second-order valence-corrected chi connectivity index (χ2v) is 7.41. The molecule has 0 radical (unpaired) electrons. The Morgan fingerprint density at radius 2 is 1.79 bits per heavy atom. The van der Waals surface area contributed by atoms with E-state index < -0.39 is 28.6 Å². The molecular weight excluding hydrogens is 380 g/mol. The highest BCUT2D eigenvalue weighted by atomic mass is 16.6. The second-order valence-electron chi connectivity index (χ2n) is 7.41. The van der Waals surface area contributed by atoms with Crippen LogP contribution in [0.25, 0.3) is 0 Å². The Morgan fingerprint density at radius 1 is 1.17 bits per heavy atom. The zero-order chi connectivity index (χ0) is 21.7. The van der Waals surface area contributed by atoms with Gasteiger partial charge in [-0.15, -0.1) is 0 Å². The van der Waals surface area contributed by atoms with E-state index in [-0.39, 0.29) is 23.1 Å². The molecule has 0 aliphatic heterocycles. The molecule has 1 aliphatic carbocycles. The number of carbonyl (C=O) groups is 2. The van der Waals surface area contributed by atoms with Crippen LogP contribution in [-0.4, -0.2) is 43.2 Å². The number of methoxy groups -OCH3 is 2. The number of carbonyl (C=O) groups excluding carboxylic acids is 2. The first-order valence-electron chi connectivity index (χ1n) is 9.61. The van der Waals surface area contributed by atoms with Crippen molar-refractivity contribution >= 4 is 17.6 Å². The van der Waals surface area contributed by atoms with Crippen molar-refractivity contribution in [2.45, 2.75) is 52.2 Å². The maximum atomic E-state index is 12.6. The average Bonchev–Trinajstić information content (AvgIpc) is 2.69. The lowest BCUT2D eigenvalue weighted by atomic mass is 9.78. The van der Waals surface area contributed by atoms with Gasteiger partial charge in [0.1, 0.15) is 5.56 Å². The summed E-state index contributed by atoms with van der Waals surface area (Å²) in [6, 6.07) is 2.28. The zero-order valence-corrected chi connectivity index (χ0v) is 17.4. The van der Waals surface area contributed by atoms with Crippen LogP contribution in [0.3, 0.4) is 0 Å². The molecule has 0 aromatic heterocycles. The number of amides is 1. The molecule has 0 bridgehead atoms. The van der Waals surface area contributed by atoms with Crippen LogP contribution in [0.2, 0.25) is 0 Å². The number of hydrogen-bond acceptors (Lipinski definition) is 7. The Labute approximate surface area is 169 Å². The van der Waals surface area contributed by atoms with Crippen LogP contribution in [0.15, 0.2) is 12.1 Å². The average molecular weight is 408 g/mol. The quantitative estimate of drug-likeness (QED) is 0.418. The summed E-state index contributed by atoms with van der Waals surface area (Å²) in [7, 11) is 2.68. The van der Waals surface area contributed by atoms with Crippen LogP contribution >= 0.6 is 0 Å². The number of ether oxygens (including phenoxy) is 3. The van der Waals surface area contributed by atoms with E-state index in [4.69, 9.17) is 14.2 Å². The molecule has 1 saturated carbocycles. The standard InChI is InChI=1S/C20H28N2O7/c1-11-7-6-8-15(12(11)2)21-19(23)13(3)29-20(24)14-9-17(27-4)18(28-5)10-16(14)22(25)26/h9-13,15H,6-8H2,1-5H3,(H,21,23)/t11-,12-,13-,15-/m1/s1. The fraction of sp³-hybridized carbons (Fsp3) is 0.600. The topological polar surface area (TPSA) is 117 Å². The summed E-state index contributed by atoms with van der Waals surface area (Å²) in [4.78, 5) is 35.7. The molecule has 160 valence electrons. The minimum Gasteiger partial charge on any atom is -0.493 e. The van der Waals surface area contributed by atoms with Crippen molar-refractivity contribution in [1.29, 1.82) is 0 Å². The summed E-state index contributed by atoms with van der Waals surface area (Å²) >= 11 is 0. The molecule has 0 unspecified atom stereocenters. The van der Waals surface area contributed by atoms with E-state index in [1.807, 2.05) is 0 Å². The first-order chi connectivity index (χ1) is 13.7. The number of nitro groups is 1. The summed E-state index contributed by atoms with van der Waals surface area (Å²) in [5, 5.41) is 14.3. The van der Waals surface area contributed by atoms with Gasteiger partial charge in [-0.25, -0.2) is 4.79 Å². The summed E-state index contributed by atoms with van der Waals surface area (Å²) in [5.74, 6) is -0.323. The van der Waals surface area contributed by atoms with E-state index >= 15 is 0 Å². The second kappa shape index (κ2) is 9.58. The first-order valence-corrected chi connectivity index (χ1v) is 9.61. The SMILES string of the molecule is COc1cc(C(=O)O[C@H](C)C(=O)N[C@@H]2CCC[C@@H](C)[C@H]2C)c([N+](=O)[O-])cc1OC. The van der Waals surface area contributed by atoms with Crippen LogP contribution in [0.4, 0.5) is 5.69 Å². The van der Waals surface area contributed by atoms with Crippen molar-refractivity contribution in [3.05, 3.63) is 27.8 Å². The van der Waals surface area contributed by atoms with Gasteiger partial charge in [-0.1, -0.05) is 26.7 Å². The molecular formula is C20H28N2O7. The Bertz CT molecular complexity index is 780. The maximum Gasteiger partial charge on any atom is 0.346 e. The lowest BCUT2D eigenvalue weighted by Gasteiger charge is -2.35. The van der Waals surface area contributed by atoms with Gasteiger partial charge in [0.25, 0.3) is 11.6 Å². The highest BCUT2D eigenvalue weighted by molar-refractivity contribution is 5.96. The zero-order valence-electron chi connectivity index (χ0n) is 17.4. The number of rotatable bonds is 7. The van der Waals surface area contributed by atoms with Gasteiger partial charge >= 0.3 is 5.97 Å². The van der Waals surface area contributed by atoms with Gasteiger partial charge in [0.2, 0.25) is 0 Å². The molecule has 1 fully saturated rings. The molecule has 1 aromatic carbocycles. The van der Waals surface area contributed by atoms with E-state index in [0.29, 0.717) is 11.8 Å².